The number of hydrogen-bond acceptors (Lipinski definition) is 5. The third kappa shape index (κ3) is 7.18. The van der Waals surface area contributed by atoms with Crippen LogP contribution in [0.4, 0.5) is 10.1 Å². The van der Waals surface area contributed by atoms with Crippen LogP contribution in [0.15, 0.2) is 77.7 Å². The lowest BCUT2D eigenvalue weighted by atomic mass is 10.1. The molecule has 0 aromatic heterocycles. The predicted molar refractivity (Wildman–Crippen MR) is 153 cm³/mol. The van der Waals surface area contributed by atoms with Crippen LogP contribution >= 0.6 is 0 Å². The molecule has 0 unspecified atom stereocenters. The number of methoxy groups -OCH3 is 1. The monoisotopic (exact) mass is 569 g/mol. The minimum absolute atomic E-state index is 0.0139. The Morgan fingerprint density at radius 3 is 2.23 bits per heavy atom. The summed E-state index contributed by atoms with van der Waals surface area (Å²) in [5.41, 5.74) is 1.22. The van der Waals surface area contributed by atoms with Gasteiger partial charge in [0, 0.05) is 18.2 Å². The lowest BCUT2D eigenvalue weighted by molar-refractivity contribution is -0.139. The summed E-state index contributed by atoms with van der Waals surface area (Å²) in [4.78, 5) is 28.2. The summed E-state index contributed by atoms with van der Waals surface area (Å²) in [5.74, 6) is -1.40. The largest absolute Gasteiger partial charge is 0.495 e. The first-order valence-corrected chi connectivity index (χ1v) is 14.5. The smallest absolute Gasteiger partial charge is 0.264 e. The molecule has 0 aliphatic carbocycles. The SMILES string of the molecule is CC[C@@H](C)NC(=O)[C@H](C)N(Cc1ccccc1F)C(=O)CN(c1ccccc1OC)S(=O)(=O)c1ccc(C)cc1. The molecule has 0 bridgehead atoms. The molecule has 3 aromatic carbocycles. The Bertz CT molecular complexity index is 1430. The molecular weight excluding hydrogens is 533 g/mol. The van der Waals surface area contributed by atoms with Crippen molar-refractivity contribution in [2.75, 3.05) is 18.0 Å². The van der Waals surface area contributed by atoms with Crippen LogP contribution in [0.2, 0.25) is 0 Å². The van der Waals surface area contributed by atoms with Crippen molar-refractivity contribution < 1.29 is 27.1 Å². The molecule has 0 aliphatic heterocycles. The quantitative estimate of drug-likeness (QED) is 0.342. The van der Waals surface area contributed by atoms with E-state index in [0.717, 1.165) is 9.87 Å². The Balaban J connectivity index is 2.07. The Hall–Kier alpha value is -3.92. The molecule has 1 N–H and O–H groups in total. The molecule has 3 rings (SSSR count). The topological polar surface area (TPSA) is 96.0 Å². The van der Waals surface area contributed by atoms with Gasteiger partial charge in [0.15, 0.2) is 0 Å². The van der Waals surface area contributed by atoms with Gasteiger partial charge in [-0.25, -0.2) is 12.8 Å². The number of carbonyl (C=O) groups is 2. The summed E-state index contributed by atoms with van der Waals surface area (Å²) in [6.45, 7) is 6.25. The maximum Gasteiger partial charge on any atom is 0.264 e. The summed E-state index contributed by atoms with van der Waals surface area (Å²) in [5, 5.41) is 2.85. The Morgan fingerprint density at radius 1 is 0.975 bits per heavy atom. The number of benzene rings is 3. The molecule has 40 heavy (non-hydrogen) atoms. The van der Waals surface area contributed by atoms with Crippen molar-refractivity contribution in [2.24, 2.45) is 0 Å². The maximum absolute atomic E-state index is 14.7. The first-order chi connectivity index (χ1) is 19.0. The van der Waals surface area contributed by atoms with Crippen LogP contribution in [0.5, 0.6) is 5.75 Å². The first-order valence-electron chi connectivity index (χ1n) is 13.0. The van der Waals surface area contributed by atoms with Gasteiger partial charge in [-0.2, -0.15) is 0 Å². The number of nitrogens with zero attached hydrogens (tertiary/aromatic N) is 2. The molecule has 214 valence electrons. The molecule has 2 amide bonds. The standard InChI is InChI=1S/C30H36FN3O5S/c1-6-22(3)32-30(36)23(4)33(19-24-11-7-8-12-26(24)31)29(35)20-34(27-13-9-10-14-28(27)39-5)40(37,38)25-17-15-21(2)16-18-25/h7-18,22-23H,6,19-20H2,1-5H3,(H,32,36)/t22-,23+/m1/s1. The van der Waals surface area contributed by atoms with Gasteiger partial charge in [0.05, 0.1) is 17.7 Å². The second kappa shape index (κ2) is 13.4. The van der Waals surface area contributed by atoms with Crippen LogP contribution in [-0.2, 0) is 26.2 Å². The van der Waals surface area contributed by atoms with Crippen molar-refractivity contribution in [2.45, 2.75) is 57.6 Å². The molecule has 8 nitrogen and oxygen atoms in total. The summed E-state index contributed by atoms with van der Waals surface area (Å²) in [6, 6.07) is 17.5. The number of aryl methyl sites for hydroxylation is 1. The highest BCUT2D eigenvalue weighted by Crippen LogP contribution is 2.32. The number of ether oxygens (including phenoxy) is 1. The molecular formula is C30H36FN3O5S. The fourth-order valence-electron chi connectivity index (χ4n) is 4.04. The minimum atomic E-state index is -4.25. The van der Waals surface area contributed by atoms with E-state index in [0.29, 0.717) is 6.42 Å². The number of carbonyl (C=O) groups excluding carboxylic acids is 2. The van der Waals surface area contributed by atoms with Gasteiger partial charge in [0.25, 0.3) is 10.0 Å². The number of nitrogens with one attached hydrogen (secondary N) is 1. The molecule has 0 fully saturated rings. The highest BCUT2D eigenvalue weighted by atomic mass is 32.2. The Morgan fingerprint density at radius 2 is 1.60 bits per heavy atom. The molecule has 3 aromatic rings. The third-order valence-electron chi connectivity index (χ3n) is 6.71. The minimum Gasteiger partial charge on any atom is -0.495 e. The molecule has 0 aliphatic rings. The van der Waals surface area contributed by atoms with Gasteiger partial charge in [-0.1, -0.05) is 55.0 Å². The van der Waals surface area contributed by atoms with Gasteiger partial charge in [-0.05, 0) is 57.5 Å². The normalized spacial score (nSPS) is 12.8. The van der Waals surface area contributed by atoms with Crippen molar-refractivity contribution in [1.29, 1.82) is 0 Å². The predicted octanol–water partition coefficient (Wildman–Crippen LogP) is 4.67. The van der Waals surface area contributed by atoms with Crippen molar-refractivity contribution in [3.8, 4) is 5.75 Å². The van der Waals surface area contributed by atoms with Gasteiger partial charge in [-0.15, -0.1) is 0 Å². The second-order valence-electron chi connectivity index (χ2n) is 9.60. The average molecular weight is 570 g/mol. The zero-order valence-corrected chi connectivity index (χ0v) is 24.2. The molecule has 10 heteroatoms. The zero-order chi connectivity index (χ0) is 29.4. The summed E-state index contributed by atoms with van der Waals surface area (Å²) in [7, 11) is -2.84. The number of rotatable bonds is 12. The number of anilines is 1. The number of halogens is 1. The first kappa shape index (κ1) is 30.6. The average Bonchev–Trinajstić information content (AvgIpc) is 2.95. The van der Waals surface area contributed by atoms with Crippen molar-refractivity contribution in [3.05, 3.63) is 89.7 Å². The summed E-state index contributed by atoms with van der Waals surface area (Å²) < 4.78 is 48.9. The molecule has 0 saturated heterocycles. The van der Waals surface area contributed by atoms with E-state index in [1.54, 1.807) is 43.3 Å². The lowest BCUT2D eigenvalue weighted by Gasteiger charge is -2.32. The highest BCUT2D eigenvalue weighted by molar-refractivity contribution is 7.92. The number of para-hydroxylation sites is 2. The van der Waals surface area contributed by atoms with Gasteiger partial charge in [0.1, 0.15) is 24.2 Å². The molecule has 0 saturated carbocycles. The van der Waals surface area contributed by atoms with Crippen LogP contribution in [0.3, 0.4) is 0 Å². The third-order valence-corrected chi connectivity index (χ3v) is 8.48. The highest BCUT2D eigenvalue weighted by Gasteiger charge is 2.34. The van der Waals surface area contributed by atoms with Gasteiger partial charge >= 0.3 is 0 Å². The van der Waals surface area contributed by atoms with Crippen LogP contribution in [0.1, 0.15) is 38.3 Å². The van der Waals surface area contributed by atoms with E-state index in [1.165, 1.54) is 48.4 Å². The second-order valence-corrected chi connectivity index (χ2v) is 11.5. The van der Waals surface area contributed by atoms with Crippen LogP contribution in [0, 0.1) is 12.7 Å². The van der Waals surface area contributed by atoms with E-state index in [1.807, 2.05) is 20.8 Å². The van der Waals surface area contributed by atoms with Crippen molar-refractivity contribution in [1.82, 2.24) is 10.2 Å². The number of amides is 2. The van der Waals surface area contributed by atoms with E-state index in [9.17, 15) is 22.4 Å². The fraction of sp³-hybridized carbons (Fsp3) is 0.333. The molecule has 0 heterocycles. The fourth-order valence-corrected chi connectivity index (χ4v) is 5.47. The van der Waals surface area contributed by atoms with E-state index in [2.05, 4.69) is 5.32 Å². The number of hydrogen-bond donors (Lipinski definition) is 1. The van der Waals surface area contributed by atoms with Gasteiger partial charge in [0.2, 0.25) is 11.8 Å². The number of sulfonamides is 1. The van der Waals surface area contributed by atoms with E-state index in [-0.39, 0.29) is 34.5 Å². The molecule has 0 radical (unpaired) electrons. The van der Waals surface area contributed by atoms with Crippen LogP contribution < -0.4 is 14.4 Å². The van der Waals surface area contributed by atoms with Crippen molar-refractivity contribution >= 4 is 27.5 Å². The van der Waals surface area contributed by atoms with Crippen LogP contribution in [0.25, 0.3) is 0 Å². The Labute approximate surface area is 235 Å². The summed E-state index contributed by atoms with van der Waals surface area (Å²) >= 11 is 0. The maximum atomic E-state index is 14.7. The van der Waals surface area contributed by atoms with E-state index in [4.69, 9.17) is 4.74 Å². The zero-order valence-electron chi connectivity index (χ0n) is 23.4. The molecule has 0 spiro atoms. The van der Waals surface area contributed by atoms with E-state index >= 15 is 0 Å². The Kier molecular flexibility index (Phi) is 10.3. The van der Waals surface area contributed by atoms with E-state index < -0.39 is 40.2 Å². The van der Waals surface area contributed by atoms with Crippen LogP contribution in [-0.4, -0.2) is 50.9 Å². The van der Waals surface area contributed by atoms with Gasteiger partial charge < -0.3 is 15.0 Å². The van der Waals surface area contributed by atoms with Gasteiger partial charge in [-0.3, -0.25) is 13.9 Å². The summed E-state index contributed by atoms with van der Waals surface area (Å²) in [6.07, 6.45) is 0.677. The lowest BCUT2D eigenvalue weighted by Crippen LogP contribution is -2.52. The molecule has 2 atom stereocenters. The van der Waals surface area contributed by atoms with Crippen molar-refractivity contribution in [3.63, 3.8) is 0 Å².